The summed E-state index contributed by atoms with van der Waals surface area (Å²) in [5.74, 6) is 1.15. The topological polar surface area (TPSA) is 30.3 Å². The maximum Gasteiger partial charge on any atom is 0.109 e. The second-order valence-corrected chi connectivity index (χ2v) is 4.77. The van der Waals surface area contributed by atoms with Gasteiger partial charge in [-0.05, 0) is 0 Å². The first-order valence-corrected chi connectivity index (χ1v) is 6.77. The van der Waals surface area contributed by atoms with Gasteiger partial charge < -0.3 is 9.30 Å². The molecule has 1 aromatic rings. The fourth-order valence-electron chi connectivity index (χ4n) is 2.01. The van der Waals surface area contributed by atoms with E-state index >= 15 is 0 Å². The number of hydrogen-bond acceptors (Lipinski definition) is 3. The van der Waals surface area contributed by atoms with E-state index in [0.29, 0.717) is 6.04 Å². The minimum atomic E-state index is 0.508. The van der Waals surface area contributed by atoms with Crippen LogP contribution in [-0.4, -0.2) is 52.1 Å². The average Bonchev–Trinajstić information content (AvgIpc) is 2.72. The number of halogens is 1. The van der Waals surface area contributed by atoms with Crippen LogP contribution in [-0.2, 0) is 18.2 Å². The number of aryl methyl sites for hydroxylation is 1. The second kappa shape index (κ2) is 5.80. The molecule has 2 rings (SSSR count). The lowest BCUT2D eigenvalue weighted by Crippen LogP contribution is -2.47. The number of nitrogens with zero attached hydrogens (tertiary/aromatic N) is 3. The van der Waals surface area contributed by atoms with Crippen LogP contribution in [0.1, 0.15) is 5.82 Å². The van der Waals surface area contributed by atoms with Crippen LogP contribution >= 0.6 is 15.9 Å². The highest BCUT2D eigenvalue weighted by molar-refractivity contribution is 9.09. The fraction of sp³-hybridized carbons (Fsp3) is 0.727. The second-order valence-electron chi connectivity index (χ2n) is 4.12. The van der Waals surface area contributed by atoms with Crippen LogP contribution in [0.15, 0.2) is 12.4 Å². The van der Waals surface area contributed by atoms with Crippen molar-refractivity contribution in [3.05, 3.63) is 18.2 Å². The largest absolute Gasteiger partial charge is 0.378 e. The Morgan fingerprint density at radius 3 is 3.19 bits per heavy atom. The summed E-state index contributed by atoms with van der Waals surface area (Å²) < 4.78 is 7.56. The lowest BCUT2D eigenvalue weighted by atomic mass is 10.2. The van der Waals surface area contributed by atoms with Crippen molar-refractivity contribution in [2.45, 2.75) is 12.5 Å². The minimum absolute atomic E-state index is 0.508. The van der Waals surface area contributed by atoms with Crippen LogP contribution in [0.4, 0.5) is 0 Å². The van der Waals surface area contributed by atoms with Gasteiger partial charge in [-0.25, -0.2) is 4.98 Å². The molecule has 1 aliphatic rings. The summed E-state index contributed by atoms with van der Waals surface area (Å²) in [5.41, 5.74) is 0. The van der Waals surface area contributed by atoms with Crippen molar-refractivity contribution in [2.24, 2.45) is 7.05 Å². The lowest BCUT2D eigenvalue weighted by molar-refractivity contribution is 0.00231. The zero-order valence-corrected chi connectivity index (χ0v) is 11.2. The van der Waals surface area contributed by atoms with Crippen molar-refractivity contribution in [3.63, 3.8) is 0 Å². The molecule has 1 fully saturated rings. The summed E-state index contributed by atoms with van der Waals surface area (Å²) in [4.78, 5) is 6.82. The van der Waals surface area contributed by atoms with E-state index in [1.165, 1.54) is 0 Å². The van der Waals surface area contributed by atoms with Gasteiger partial charge in [0, 0.05) is 50.3 Å². The van der Waals surface area contributed by atoms with Crippen LogP contribution in [0, 0.1) is 0 Å². The standard InChI is InChI=1S/C11H18BrN3O/c1-14-5-3-13-11(14)2-4-15-6-7-16-9-10(15)8-12/h3,5,10H,2,4,6-9H2,1H3. The van der Waals surface area contributed by atoms with Gasteiger partial charge in [0.2, 0.25) is 0 Å². The van der Waals surface area contributed by atoms with E-state index in [4.69, 9.17) is 4.74 Å². The third-order valence-electron chi connectivity index (χ3n) is 3.07. The zero-order chi connectivity index (χ0) is 11.4. The summed E-state index contributed by atoms with van der Waals surface area (Å²) >= 11 is 3.54. The van der Waals surface area contributed by atoms with Crippen LogP contribution in [0.5, 0.6) is 0 Å². The van der Waals surface area contributed by atoms with Gasteiger partial charge in [-0.3, -0.25) is 4.90 Å². The maximum absolute atomic E-state index is 5.47. The first kappa shape index (κ1) is 12.1. The van der Waals surface area contributed by atoms with Crippen molar-refractivity contribution in [1.82, 2.24) is 14.5 Å². The number of imidazole rings is 1. The quantitative estimate of drug-likeness (QED) is 0.776. The van der Waals surface area contributed by atoms with E-state index in [1.54, 1.807) is 0 Å². The predicted octanol–water partition coefficient (Wildman–Crippen LogP) is 1.06. The molecule has 0 N–H and O–H groups in total. The molecule has 0 spiro atoms. The lowest BCUT2D eigenvalue weighted by Gasteiger charge is -2.34. The van der Waals surface area contributed by atoms with Gasteiger partial charge in [-0.1, -0.05) is 15.9 Å². The highest BCUT2D eigenvalue weighted by Crippen LogP contribution is 2.10. The van der Waals surface area contributed by atoms with Gasteiger partial charge >= 0.3 is 0 Å². The summed E-state index contributed by atoms with van der Waals surface area (Å²) in [6.07, 6.45) is 4.86. The Kier molecular flexibility index (Phi) is 4.37. The Bertz CT molecular complexity index is 329. The summed E-state index contributed by atoms with van der Waals surface area (Å²) in [7, 11) is 2.05. The van der Waals surface area contributed by atoms with E-state index in [-0.39, 0.29) is 0 Å². The molecule has 1 aromatic heterocycles. The summed E-state index contributed by atoms with van der Waals surface area (Å²) in [6.45, 7) is 3.78. The third kappa shape index (κ3) is 2.84. The molecular weight excluding hydrogens is 270 g/mol. The Labute approximate surface area is 105 Å². The molecule has 2 heterocycles. The van der Waals surface area contributed by atoms with Gasteiger partial charge in [0.1, 0.15) is 5.82 Å². The van der Waals surface area contributed by atoms with Crippen molar-refractivity contribution < 1.29 is 4.74 Å². The van der Waals surface area contributed by atoms with Gasteiger partial charge in [0.15, 0.2) is 0 Å². The van der Waals surface area contributed by atoms with E-state index in [1.807, 2.05) is 19.4 Å². The minimum Gasteiger partial charge on any atom is -0.378 e. The number of rotatable bonds is 4. The molecule has 0 bridgehead atoms. The molecule has 0 aromatic carbocycles. The molecule has 4 nitrogen and oxygen atoms in total. The Morgan fingerprint density at radius 1 is 1.62 bits per heavy atom. The first-order valence-electron chi connectivity index (χ1n) is 5.65. The van der Waals surface area contributed by atoms with Crippen molar-refractivity contribution in [1.29, 1.82) is 0 Å². The highest BCUT2D eigenvalue weighted by atomic mass is 79.9. The van der Waals surface area contributed by atoms with Crippen molar-refractivity contribution >= 4 is 15.9 Å². The Balaban J connectivity index is 1.86. The number of aromatic nitrogens is 2. The monoisotopic (exact) mass is 287 g/mol. The normalized spacial score (nSPS) is 22.5. The molecular formula is C11H18BrN3O. The van der Waals surface area contributed by atoms with Crippen LogP contribution in [0.3, 0.4) is 0 Å². The van der Waals surface area contributed by atoms with Crippen molar-refractivity contribution in [2.75, 3.05) is 31.6 Å². The average molecular weight is 288 g/mol. The van der Waals surface area contributed by atoms with E-state index in [0.717, 1.165) is 43.9 Å². The van der Waals surface area contributed by atoms with Crippen molar-refractivity contribution in [3.8, 4) is 0 Å². The number of morpholine rings is 1. The molecule has 16 heavy (non-hydrogen) atoms. The number of ether oxygens (including phenoxy) is 1. The molecule has 90 valence electrons. The van der Waals surface area contributed by atoms with E-state index < -0.39 is 0 Å². The predicted molar refractivity (Wildman–Crippen MR) is 66.9 cm³/mol. The molecule has 0 radical (unpaired) electrons. The van der Waals surface area contributed by atoms with E-state index in [9.17, 15) is 0 Å². The van der Waals surface area contributed by atoms with E-state index in [2.05, 4.69) is 30.4 Å². The van der Waals surface area contributed by atoms with Crippen LogP contribution in [0.2, 0.25) is 0 Å². The molecule has 1 saturated heterocycles. The zero-order valence-electron chi connectivity index (χ0n) is 9.60. The molecule has 1 unspecified atom stereocenters. The van der Waals surface area contributed by atoms with Gasteiger partial charge in [0.05, 0.1) is 13.2 Å². The molecule has 1 aliphatic heterocycles. The summed E-state index contributed by atoms with van der Waals surface area (Å²) in [5, 5.41) is 0.980. The Morgan fingerprint density at radius 2 is 2.50 bits per heavy atom. The Hall–Kier alpha value is -0.390. The third-order valence-corrected chi connectivity index (χ3v) is 3.82. The first-order chi connectivity index (χ1) is 7.81. The number of hydrogen-bond donors (Lipinski definition) is 0. The molecule has 0 saturated carbocycles. The van der Waals surface area contributed by atoms with Gasteiger partial charge in [-0.2, -0.15) is 0 Å². The molecule has 5 heteroatoms. The molecule has 1 atom stereocenters. The summed E-state index contributed by atoms with van der Waals surface area (Å²) in [6, 6.07) is 0.508. The van der Waals surface area contributed by atoms with Crippen LogP contribution < -0.4 is 0 Å². The van der Waals surface area contributed by atoms with Crippen LogP contribution in [0.25, 0.3) is 0 Å². The molecule has 0 aliphatic carbocycles. The number of alkyl halides is 1. The fourth-order valence-corrected chi connectivity index (χ4v) is 2.60. The van der Waals surface area contributed by atoms with Gasteiger partial charge in [0.25, 0.3) is 0 Å². The van der Waals surface area contributed by atoms with Gasteiger partial charge in [-0.15, -0.1) is 0 Å². The highest BCUT2D eigenvalue weighted by Gasteiger charge is 2.21. The smallest absolute Gasteiger partial charge is 0.109 e. The SMILES string of the molecule is Cn1ccnc1CCN1CCOCC1CBr. The maximum atomic E-state index is 5.47. The molecule has 0 amide bonds.